The molecule has 5 aromatic rings. The topological polar surface area (TPSA) is 106 Å². The summed E-state index contributed by atoms with van der Waals surface area (Å²) in [6, 6.07) is 5.02. The fourth-order valence-corrected chi connectivity index (χ4v) is 4.36. The Kier molecular flexibility index (Phi) is 4.76. The summed E-state index contributed by atoms with van der Waals surface area (Å²) >= 11 is 0. The molecule has 4 aromatic heterocycles. The van der Waals surface area contributed by atoms with Gasteiger partial charge in [-0.25, -0.2) is 28.1 Å². The number of furan rings is 1. The summed E-state index contributed by atoms with van der Waals surface area (Å²) in [7, 11) is 1.70. The summed E-state index contributed by atoms with van der Waals surface area (Å²) in [4.78, 5) is 30.3. The van der Waals surface area contributed by atoms with Crippen LogP contribution >= 0.6 is 0 Å². The van der Waals surface area contributed by atoms with Gasteiger partial charge in [0.25, 0.3) is 12.3 Å². The lowest BCUT2D eigenvalue weighted by Crippen LogP contribution is -2.40. The number of fused-ring (bicyclic) bond motifs is 2. The standard InChI is InChI=1S/C23H17F3N6O3/c1-31-8-14(29-10-31)22-30-18(21(25)26)20(35-22)23(33)32-6-5-13-17(28-9-27-13)19(32)16-7-11-12(24)3-2-4-15(11)34-16/h2-4,7-10,19,21H,5-6H2,1H3,(H,27,28)/t19-/m1/s1. The van der Waals surface area contributed by atoms with Gasteiger partial charge in [-0.3, -0.25) is 4.79 Å². The Labute approximate surface area is 195 Å². The van der Waals surface area contributed by atoms with Crippen LogP contribution in [-0.4, -0.2) is 41.9 Å². The minimum atomic E-state index is -3.06. The number of aromatic amines is 1. The number of hydrogen-bond donors (Lipinski definition) is 1. The van der Waals surface area contributed by atoms with Crippen LogP contribution in [0.1, 0.15) is 45.9 Å². The minimum absolute atomic E-state index is 0.153. The van der Waals surface area contributed by atoms with Crippen LogP contribution in [0.2, 0.25) is 0 Å². The highest BCUT2D eigenvalue weighted by molar-refractivity contribution is 5.94. The summed E-state index contributed by atoms with van der Waals surface area (Å²) in [6.07, 6.45) is 1.83. The molecule has 0 saturated heterocycles. The molecule has 1 atom stereocenters. The second kappa shape index (κ2) is 7.86. The molecule has 6 rings (SSSR count). The summed E-state index contributed by atoms with van der Waals surface area (Å²) in [6.45, 7) is 0.153. The highest BCUT2D eigenvalue weighted by Gasteiger charge is 2.40. The number of rotatable bonds is 4. The first-order chi connectivity index (χ1) is 16.9. The molecule has 35 heavy (non-hydrogen) atoms. The third kappa shape index (κ3) is 3.40. The number of aromatic nitrogens is 5. The molecule has 1 aromatic carbocycles. The maximum atomic E-state index is 14.4. The molecular formula is C23H17F3N6O3. The molecule has 1 amide bonds. The van der Waals surface area contributed by atoms with Gasteiger partial charge in [-0.15, -0.1) is 0 Å². The van der Waals surface area contributed by atoms with E-state index in [0.29, 0.717) is 17.7 Å². The lowest BCUT2D eigenvalue weighted by molar-refractivity contribution is 0.0626. The zero-order valence-electron chi connectivity index (χ0n) is 18.2. The zero-order chi connectivity index (χ0) is 24.3. The van der Waals surface area contributed by atoms with E-state index in [9.17, 15) is 18.0 Å². The van der Waals surface area contributed by atoms with Gasteiger partial charge in [0.2, 0.25) is 11.7 Å². The fraction of sp³-hybridized carbons (Fsp3) is 0.217. The van der Waals surface area contributed by atoms with Crippen LogP contribution in [0.3, 0.4) is 0 Å². The number of alkyl halides is 2. The highest BCUT2D eigenvalue weighted by atomic mass is 19.3. The van der Waals surface area contributed by atoms with Gasteiger partial charge in [0, 0.05) is 31.9 Å². The second-order valence-electron chi connectivity index (χ2n) is 8.18. The van der Waals surface area contributed by atoms with Gasteiger partial charge in [0.15, 0.2) is 5.69 Å². The Bertz CT molecular complexity index is 1570. The Morgan fingerprint density at radius 2 is 2.11 bits per heavy atom. The fourth-order valence-electron chi connectivity index (χ4n) is 4.36. The van der Waals surface area contributed by atoms with Crippen molar-refractivity contribution in [2.24, 2.45) is 7.05 Å². The second-order valence-corrected chi connectivity index (χ2v) is 8.18. The van der Waals surface area contributed by atoms with Crippen LogP contribution in [0.25, 0.3) is 22.6 Å². The molecule has 0 unspecified atom stereocenters. The Balaban J connectivity index is 1.46. The Morgan fingerprint density at radius 3 is 2.86 bits per heavy atom. The molecule has 9 nitrogen and oxygen atoms in total. The van der Waals surface area contributed by atoms with E-state index in [-0.39, 0.29) is 29.3 Å². The number of imidazole rings is 2. The van der Waals surface area contributed by atoms with Crippen LogP contribution < -0.4 is 0 Å². The van der Waals surface area contributed by atoms with E-state index >= 15 is 0 Å². The zero-order valence-corrected chi connectivity index (χ0v) is 18.2. The van der Waals surface area contributed by atoms with Crippen LogP contribution in [0, 0.1) is 5.82 Å². The number of H-pyrrole nitrogens is 1. The first-order valence-corrected chi connectivity index (χ1v) is 10.7. The number of carbonyl (C=O) groups excluding carboxylic acids is 1. The van der Waals surface area contributed by atoms with Gasteiger partial charge in [0.05, 0.1) is 23.7 Å². The van der Waals surface area contributed by atoms with Crippen molar-refractivity contribution >= 4 is 16.9 Å². The number of benzene rings is 1. The first kappa shape index (κ1) is 21.2. The van der Waals surface area contributed by atoms with E-state index < -0.39 is 35.6 Å². The average molecular weight is 482 g/mol. The Morgan fingerprint density at radius 1 is 1.26 bits per heavy atom. The molecular weight excluding hydrogens is 465 g/mol. The minimum Gasteiger partial charge on any atom is -0.458 e. The molecule has 5 heterocycles. The molecule has 1 aliphatic heterocycles. The third-order valence-corrected chi connectivity index (χ3v) is 5.96. The van der Waals surface area contributed by atoms with E-state index in [0.717, 1.165) is 5.69 Å². The Hall–Kier alpha value is -4.35. The maximum Gasteiger partial charge on any atom is 0.292 e. The van der Waals surface area contributed by atoms with Crippen molar-refractivity contribution in [3.63, 3.8) is 0 Å². The molecule has 1 N–H and O–H groups in total. The van der Waals surface area contributed by atoms with Gasteiger partial charge < -0.3 is 23.3 Å². The van der Waals surface area contributed by atoms with E-state index in [4.69, 9.17) is 8.83 Å². The van der Waals surface area contributed by atoms with E-state index in [2.05, 4.69) is 19.9 Å². The number of nitrogens with zero attached hydrogens (tertiary/aromatic N) is 5. The van der Waals surface area contributed by atoms with Crippen LogP contribution in [-0.2, 0) is 13.5 Å². The highest BCUT2D eigenvalue weighted by Crippen LogP contribution is 2.39. The smallest absolute Gasteiger partial charge is 0.292 e. The van der Waals surface area contributed by atoms with Crippen molar-refractivity contribution in [2.45, 2.75) is 18.9 Å². The lowest BCUT2D eigenvalue weighted by atomic mass is 9.99. The average Bonchev–Trinajstić information content (AvgIpc) is 3.62. The third-order valence-electron chi connectivity index (χ3n) is 5.96. The van der Waals surface area contributed by atoms with Crippen molar-refractivity contribution in [2.75, 3.05) is 6.54 Å². The number of hydrogen-bond acceptors (Lipinski definition) is 6. The van der Waals surface area contributed by atoms with Crippen LogP contribution in [0.15, 0.2) is 52.0 Å². The quantitative estimate of drug-likeness (QED) is 0.407. The van der Waals surface area contributed by atoms with Gasteiger partial charge in [-0.2, -0.15) is 0 Å². The number of aryl methyl sites for hydroxylation is 1. The van der Waals surface area contributed by atoms with Gasteiger partial charge in [0.1, 0.15) is 28.9 Å². The molecule has 0 saturated carbocycles. The molecule has 0 fully saturated rings. The summed E-state index contributed by atoms with van der Waals surface area (Å²) in [5, 5.41) is 0.239. The normalized spacial score (nSPS) is 15.8. The van der Waals surface area contributed by atoms with Crippen LogP contribution in [0.4, 0.5) is 13.2 Å². The molecule has 178 valence electrons. The van der Waals surface area contributed by atoms with Crippen molar-refractivity contribution in [3.05, 3.63) is 77.5 Å². The molecule has 12 heteroatoms. The summed E-state index contributed by atoms with van der Waals surface area (Å²) in [5.74, 6) is -1.83. The molecule has 0 spiro atoms. The number of amides is 1. The number of halogens is 3. The van der Waals surface area contributed by atoms with Crippen molar-refractivity contribution in [1.82, 2.24) is 29.4 Å². The predicted octanol–water partition coefficient (Wildman–Crippen LogP) is 4.41. The summed E-state index contributed by atoms with van der Waals surface area (Å²) in [5.41, 5.74) is 0.970. The molecule has 0 bridgehead atoms. The van der Waals surface area contributed by atoms with E-state index in [1.807, 2.05) is 0 Å². The van der Waals surface area contributed by atoms with Crippen LogP contribution in [0.5, 0.6) is 0 Å². The number of oxazole rings is 1. The molecule has 1 aliphatic rings. The van der Waals surface area contributed by atoms with E-state index in [1.54, 1.807) is 17.7 Å². The van der Waals surface area contributed by atoms with Crippen molar-refractivity contribution in [1.29, 1.82) is 0 Å². The van der Waals surface area contributed by atoms with Gasteiger partial charge >= 0.3 is 0 Å². The van der Waals surface area contributed by atoms with Gasteiger partial charge in [-0.05, 0) is 18.2 Å². The van der Waals surface area contributed by atoms with E-state index in [1.165, 1.54) is 42.0 Å². The maximum absolute atomic E-state index is 14.4. The SMILES string of the molecule is Cn1cnc(-c2nc(C(F)F)c(C(=O)N3CCc4[nH]cnc4[C@H]3c3cc4c(F)cccc4o3)o2)c1. The predicted molar refractivity (Wildman–Crippen MR) is 115 cm³/mol. The van der Waals surface area contributed by atoms with Gasteiger partial charge in [-0.1, -0.05) is 6.07 Å². The molecule has 0 aliphatic carbocycles. The largest absolute Gasteiger partial charge is 0.458 e. The molecule has 0 radical (unpaired) electrons. The van der Waals surface area contributed by atoms with Crippen molar-refractivity contribution < 1.29 is 26.8 Å². The number of carbonyl (C=O) groups is 1. The summed E-state index contributed by atoms with van der Waals surface area (Å²) < 4.78 is 55.2. The number of nitrogens with one attached hydrogen (secondary N) is 1. The first-order valence-electron chi connectivity index (χ1n) is 10.7. The lowest BCUT2D eigenvalue weighted by Gasteiger charge is -2.33. The monoisotopic (exact) mass is 482 g/mol. The van der Waals surface area contributed by atoms with Crippen molar-refractivity contribution in [3.8, 4) is 11.6 Å².